The van der Waals surface area contributed by atoms with Crippen LogP contribution in [0.25, 0.3) is 0 Å². The lowest BCUT2D eigenvalue weighted by Gasteiger charge is -2.09. The summed E-state index contributed by atoms with van der Waals surface area (Å²) in [6, 6.07) is 6.48. The van der Waals surface area contributed by atoms with E-state index < -0.39 is 11.9 Å². The second kappa shape index (κ2) is 7.13. The Labute approximate surface area is 120 Å². The number of halogens is 2. The Balaban J connectivity index is 2.83. The molecule has 0 amide bonds. The Morgan fingerprint density at radius 1 is 1.32 bits per heavy atom. The van der Waals surface area contributed by atoms with Crippen molar-refractivity contribution in [3.05, 3.63) is 33.8 Å². The van der Waals surface area contributed by atoms with Gasteiger partial charge in [-0.2, -0.15) is 5.26 Å². The van der Waals surface area contributed by atoms with Gasteiger partial charge in [-0.15, -0.1) is 0 Å². The lowest BCUT2D eigenvalue weighted by atomic mass is 9.93. The summed E-state index contributed by atoms with van der Waals surface area (Å²) < 4.78 is 4.44. The first-order chi connectivity index (χ1) is 8.99. The molecule has 0 saturated heterocycles. The molecule has 0 fully saturated rings. The van der Waals surface area contributed by atoms with Crippen molar-refractivity contribution < 1.29 is 14.3 Å². The van der Waals surface area contributed by atoms with Gasteiger partial charge >= 0.3 is 5.97 Å². The molecule has 0 aliphatic carbocycles. The zero-order valence-corrected chi connectivity index (χ0v) is 11.7. The van der Waals surface area contributed by atoms with E-state index in [4.69, 9.17) is 28.5 Å². The number of carbonyl (C=O) groups excluding carboxylic acids is 2. The number of nitrogens with zero attached hydrogens (tertiary/aromatic N) is 1. The van der Waals surface area contributed by atoms with Crippen LogP contribution in [0.1, 0.15) is 24.3 Å². The van der Waals surface area contributed by atoms with Crippen molar-refractivity contribution in [3.63, 3.8) is 0 Å². The summed E-state index contributed by atoms with van der Waals surface area (Å²) in [6.07, 6.45) is -0.0972. The Kier molecular flexibility index (Phi) is 5.81. The van der Waals surface area contributed by atoms with Gasteiger partial charge in [-0.1, -0.05) is 29.3 Å². The van der Waals surface area contributed by atoms with E-state index in [0.29, 0.717) is 10.6 Å². The maximum atomic E-state index is 11.9. The third-order valence-electron chi connectivity index (χ3n) is 2.53. The number of esters is 1. The molecule has 1 rings (SSSR count). The minimum atomic E-state index is -0.959. The van der Waals surface area contributed by atoms with E-state index in [1.807, 2.05) is 6.07 Å². The highest BCUT2D eigenvalue weighted by molar-refractivity contribution is 6.42. The Morgan fingerprint density at radius 3 is 2.53 bits per heavy atom. The van der Waals surface area contributed by atoms with Crippen LogP contribution in [0.2, 0.25) is 10.0 Å². The molecule has 19 heavy (non-hydrogen) atoms. The number of benzene rings is 1. The third kappa shape index (κ3) is 4.23. The van der Waals surface area contributed by atoms with Gasteiger partial charge in [0.2, 0.25) is 0 Å². The standard InChI is InChI=1S/C13H11Cl2NO3/c1-19-13(18)5-4-12(17)9(7-16)8-2-3-10(14)11(15)6-8/h2-3,6,9H,4-5H2,1H3/t9-/m1/s1. The molecular weight excluding hydrogens is 289 g/mol. The number of carbonyl (C=O) groups is 2. The number of nitriles is 1. The fraction of sp³-hybridized carbons (Fsp3) is 0.308. The van der Waals surface area contributed by atoms with Crippen LogP contribution in [0.3, 0.4) is 0 Å². The van der Waals surface area contributed by atoms with Crippen molar-refractivity contribution in [3.8, 4) is 6.07 Å². The molecule has 1 aromatic carbocycles. The summed E-state index contributed by atoms with van der Waals surface area (Å²) in [4.78, 5) is 22.9. The molecule has 0 aliphatic rings. The van der Waals surface area contributed by atoms with Crippen LogP contribution in [0.15, 0.2) is 18.2 Å². The molecule has 6 heteroatoms. The molecule has 0 aromatic heterocycles. The topological polar surface area (TPSA) is 67.2 Å². The predicted molar refractivity (Wildman–Crippen MR) is 71.1 cm³/mol. The molecule has 0 unspecified atom stereocenters. The molecule has 0 N–H and O–H groups in total. The molecule has 0 aliphatic heterocycles. The van der Waals surface area contributed by atoms with Crippen LogP contribution in [0, 0.1) is 11.3 Å². The molecule has 0 heterocycles. The van der Waals surface area contributed by atoms with Crippen LogP contribution < -0.4 is 0 Å². The van der Waals surface area contributed by atoms with Crippen molar-refractivity contribution in [2.75, 3.05) is 7.11 Å². The van der Waals surface area contributed by atoms with Crippen LogP contribution >= 0.6 is 23.2 Å². The minimum absolute atomic E-state index is 0.0468. The normalized spacial score (nSPS) is 11.5. The zero-order chi connectivity index (χ0) is 14.4. The van der Waals surface area contributed by atoms with E-state index in [-0.39, 0.29) is 23.6 Å². The van der Waals surface area contributed by atoms with E-state index >= 15 is 0 Å². The molecule has 1 atom stereocenters. The van der Waals surface area contributed by atoms with E-state index in [1.54, 1.807) is 6.07 Å². The molecule has 4 nitrogen and oxygen atoms in total. The van der Waals surface area contributed by atoms with Crippen LogP contribution in [-0.4, -0.2) is 18.9 Å². The first-order valence-corrected chi connectivity index (χ1v) is 6.19. The monoisotopic (exact) mass is 299 g/mol. The summed E-state index contributed by atoms with van der Waals surface area (Å²) >= 11 is 11.6. The Hall–Kier alpha value is -1.57. The van der Waals surface area contributed by atoms with Gasteiger partial charge in [0.25, 0.3) is 0 Å². The molecule has 100 valence electrons. The smallest absolute Gasteiger partial charge is 0.305 e. The number of hydrogen-bond donors (Lipinski definition) is 0. The second-order valence-corrected chi connectivity index (χ2v) is 4.59. The predicted octanol–water partition coefficient (Wildman–Crippen LogP) is 3.12. The molecular formula is C13H11Cl2NO3. The SMILES string of the molecule is COC(=O)CCC(=O)[C@H](C#N)c1ccc(Cl)c(Cl)c1. The molecule has 0 bridgehead atoms. The summed E-state index contributed by atoms with van der Waals surface area (Å²) in [5.41, 5.74) is 0.465. The average Bonchev–Trinajstić information content (AvgIpc) is 2.40. The number of methoxy groups -OCH3 is 1. The van der Waals surface area contributed by atoms with Gasteiger partial charge in [-0.25, -0.2) is 0 Å². The number of rotatable bonds is 5. The van der Waals surface area contributed by atoms with Crippen LogP contribution in [0.5, 0.6) is 0 Å². The van der Waals surface area contributed by atoms with Crippen LogP contribution in [0.4, 0.5) is 0 Å². The summed E-state index contributed by atoms with van der Waals surface area (Å²) in [6.45, 7) is 0. The summed E-state index contributed by atoms with van der Waals surface area (Å²) in [7, 11) is 1.24. The maximum absolute atomic E-state index is 11.9. The van der Waals surface area contributed by atoms with E-state index in [9.17, 15) is 9.59 Å². The van der Waals surface area contributed by atoms with Crippen LogP contribution in [-0.2, 0) is 14.3 Å². The summed E-state index contributed by atoms with van der Waals surface area (Å²) in [5.74, 6) is -1.80. The molecule has 0 spiro atoms. The van der Waals surface area contributed by atoms with Crippen molar-refractivity contribution in [2.45, 2.75) is 18.8 Å². The van der Waals surface area contributed by atoms with Crippen molar-refractivity contribution in [1.82, 2.24) is 0 Å². The Morgan fingerprint density at radius 2 is 2.00 bits per heavy atom. The van der Waals surface area contributed by atoms with Crippen molar-refractivity contribution >= 4 is 35.0 Å². The van der Waals surface area contributed by atoms with E-state index in [0.717, 1.165) is 0 Å². The highest BCUT2D eigenvalue weighted by atomic mass is 35.5. The number of ketones is 1. The van der Waals surface area contributed by atoms with Gasteiger partial charge in [0.05, 0.1) is 29.6 Å². The average molecular weight is 300 g/mol. The fourth-order valence-electron chi connectivity index (χ4n) is 1.50. The lowest BCUT2D eigenvalue weighted by molar-refractivity contribution is -0.141. The van der Waals surface area contributed by atoms with Gasteiger partial charge in [-0.05, 0) is 17.7 Å². The second-order valence-electron chi connectivity index (χ2n) is 3.78. The van der Waals surface area contributed by atoms with Gasteiger partial charge < -0.3 is 4.74 Å². The number of hydrogen-bond acceptors (Lipinski definition) is 4. The van der Waals surface area contributed by atoms with Gasteiger partial charge in [-0.3, -0.25) is 9.59 Å². The number of Topliss-reactive ketones (excluding diaryl/α,β-unsaturated/α-hetero) is 1. The maximum Gasteiger partial charge on any atom is 0.305 e. The third-order valence-corrected chi connectivity index (χ3v) is 3.27. The quantitative estimate of drug-likeness (QED) is 0.783. The minimum Gasteiger partial charge on any atom is -0.469 e. The zero-order valence-electron chi connectivity index (χ0n) is 10.2. The first-order valence-electron chi connectivity index (χ1n) is 5.43. The Bertz CT molecular complexity index is 537. The van der Waals surface area contributed by atoms with Gasteiger partial charge in [0.15, 0.2) is 5.78 Å². The van der Waals surface area contributed by atoms with Crippen molar-refractivity contribution in [1.29, 1.82) is 5.26 Å². The van der Waals surface area contributed by atoms with E-state index in [2.05, 4.69) is 4.74 Å². The largest absolute Gasteiger partial charge is 0.469 e. The lowest BCUT2D eigenvalue weighted by Crippen LogP contribution is -2.13. The summed E-state index contributed by atoms with van der Waals surface area (Å²) in [5, 5.41) is 9.70. The van der Waals surface area contributed by atoms with Gasteiger partial charge in [0.1, 0.15) is 5.92 Å². The first kappa shape index (κ1) is 15.5. The molecule has 0 saturated carbocycles. The van der Waals surface area contributed by atoms with Gasteiger partial charge in [0, 0.05) is 6.42 Å². The molecule has 0 radical (unpaired) electrons. The highest BCUT2D eigenvalue weighted by Gasteiger charge is 2.21. The van der Waals surface area contributed by atoms with E-state index in [1.165, 1.54) is 19.2 Å². The van der Waals surface area contributed by atoms with Crippen molar-refractivity contribution in [2.24, 2.45) is 0 Å². The number of ether oxygens (including phenoxy) is 1. The highest BCUT2D eigenvalue weighted by Crippen LogP contribution is 2.27. The fourth-order valence-corrected chi connectivity index (χ4v) is 1.80. The molecule has 1 aromatic rings.